The van der Waals surface area contributed by atoms with Crippen LogP contribution in [0.25, 0.3) is 0 Å². The molecule has 0 aliphatic heterocycles. The van der Waals surface area contributed by atoms with E-state index in [0.29, 0.717) is 12.1 Å². The van der Waals surface area contributed by atoms with E-state index in [2.05, 4.69) is 44.5 Å². The van der Waals surface area contributed by atoms with E-state index in [0.717, 1.165) is 10.3 Å². The van der Waals surface area contributed by atoms with E-state index in [1.807, 2.05) is 0 Å². The summed E-state index contributed by atoms with van der Waals surface area (Å²) in [5, 5.41) is 5.76. The summed E-state index contributed by atoms with van der Waals surface area (Å²) in [4.78, 5) is 0. The highest BCUT2D eigenvalue weighted by Gasteiger charge is 2.12. The number of nitrogens with one attached hydrogen (secondary N) is 1. The first-order valence-corrected chi connectivity index (χ1v) is 7.28. The van der Waals surface area contributed by atoms with Gasteiger partial charge in [0.2, 0.25) is 0 Å². The van der Waals surface area contributed by atoms with Crippen molar-refractivity contribution in [3.05, 3.63) is 21.3 Å². The fourth-order valence-electron chi connectivity index (χ4n) is 1.91. The quantitative estimate of drug-likeness (QED) is 0.768. The molecular weight excluding hydrogens is 238 g/mol. The van der Waals surface area contributed by atoms with Gasteiger partial charge in [0.1, 0.15) is 0 Å². The van der Waals surface area contributed by atoms with Gasteiger partial charge in [0.05, 0.1) is 4.34 Å². The molecule has 0 amide bonds. The van der Waals surface area contributed by atoms with Crippen LogP contribution in [-0.4, -0.2) is 6.04 Å². The van der Waals surface area contributed by atoms with E-state index in [4.69, 9.17) is 11.6 Å². The zero-order valence-corrected chi connectivity index (χ0v) is 12.2. The van der Waals surface area contributed by atoms with Gasteiger partial charge in [0.15, 0.2) is 0 Å². The van der Waals surface area contributed by atoms with Crippen molar-refractivity contribution in [3.8, 4) is 0 Å². The molecule has 3 atom stereocenters. The summed E-state index contributed by atoms with van der Waals surface area (Å²) in [6.07, 6.45) is 2.49. The van der Waals surface area contributed by atoms with E-state index in [-0.39, 0.29) is 0 Å². The second-order valence-electron chi connectivity index (χ2n) is 4.72. The Labute approximate surface area is 108 Å². The van der Waals surface area contributed by atoms with Crippen LogP contribution in [0.1, 0.15) is 52.1 Å². The molecule has 3 unspecified atom stereocenters. The Morgan fingerprint density at radius 2 is 2.06 bits per heavy atom. The molecule has 1 aromatic rings. The van der Waals surface area contributed by atoms with Crippen molar-refractivity contribution in [3.63, 3.8) is 0 Å². The smallest absolute Gasteiger partial charge is 0.0931 e. The van der Waals surface area contributed by atoms with Gasteiger partial charge in [-0.3, -0.25) is 0 Å². The summed E-state index contributed by atoms with van der Waals surface area (Å²) in [6, 6.07) is 3.01. The Kier molecular flexibility index (Phi) is 5.81. The van der Waals surface area contributed by atoms with Crippen LogP contribution in [0.15, 0.2) is 11.4 Å². The monoisotopic (exact) mass is 259 g/mol. The normalized spacial score (nSPS) is 17.1. The van der Waals surface area contributed by atoms with Crippen molar-refractivity contribution in [2.75, 3.05) is 0 Å². The maximum Gasteiger partial charge on any atom is 0.0931 e. The van der Waals surface area contributed by atoms with Crippen molar-refractivity contribution in [1.82, 2.24) is 5.32 Å². The zero-order valence-electron chi connectivity index (χ0n) is 10.6. The molecule has 1 aromatic heterocycles. The average Bonchev–Trinajstić information content (AvgIpc) is 2.64. The third kappa shape index (κ3) is 4.44. The van der Waals surface area contributed by atoms with Crippen molar-refractivity contribution >= 4 is 22.9 Å². The highest BCUT2D eigenvalue weighted by molar-refractivity contribution is 7.14. The highest BCUT2D eigenvalue weighted by Crippen LogP contribution is 2.25. The zero-order chi connectivity index (χ0) is 12.1. The first-order chi connectivity index (χ1) is 7.52. The van der Waals surface area contributed by atoms with Crippen LogP contribution in [0.5, 0.6) is 0 Å². The van der Waals surface area contributed by atoms with Gasteiger partial charge in [0, 0.05) is 12.1 Å². The molecule has 3 heteroatoms. The first-order valence-electron chi connectivity index (χ1n) is 6.02. The predicted octanol–water partition coefficient (Wildman–Crippen LogP) is 4.88. The van der Waals surface area contributed by atoms with Gasteiger partial charge in [-0.2, -0.15) is 0 Å². The lowest BCUT2D eigenvalue weighted by molar-refractivity contribution is 0.386. The molecule has 1 rings (SSSR count). The van der Waals surface area contributed by atoms with Gasteiger partial charge < -0.3 is 5.32 Å². The van der Waals surface area contributed by atoms with Crippen LogP contribution in [0.3, 0.4) is 0 Å². The summed E-state index contributed by atoms with van der Waals surface area (Å²) >= 11 is 7.54. The van der Waals surface area contributed by atoms with E-state index >= 15 is 0 Å². The molecule has 1 N–H and O–H groups in total. The van der Waals surface area contributed by atoms with Crippen LogP contribution in [0.2, 0.25) is 4.34 Å². The molecule has 16 heavy (non-hydrogen) atoms. The molecule has 0 fully saturated rings. The van der Waals surface area contributed by atoms with Gasteiger partial charge in [0.25, 0.3) is 0 Å². The van der Waals surface area contributed by atoms with E-state index in [1.54, 1.807) is 11.3 Å². The van der Waals surface area contributed by atoms with E-state index in [1.165, 1.54) is 18.4 Å². The minimum atomic E-state index is 0.391. The lowest BCUT2D eigenvalue weighted by Crippen LogP contribution is -2.30. The van der Waals surface area contributed by atoms with Crippen molar-refractivity contribution in [2.24, 2.45) is 5.92 Å². The lowest BCUT2D eigenvalue weighted by atomic mass is 9.99. The van der Waals surface area contributed by atoms with Gasteiger partial charge in [-0.1, -0.05) is 31.9 Å². The molecule has 1 heterocycles. The third-order valence-corrected chi connectivity index (χ3v) is 4.18. The molecule has 0 radical (unpaired) electrons. The molecular formula is C13H22ClNS. The summed E-state index contributed by atoms with van der Waals surface area (Å²) in [6.45, 7) is 9.02. The Balaban J connectivity index is 2.42. The minimum Gasteiger partial charge on any atom is -0.308 e. The number of rotatable bonds is 6. The minimum absolute atomic E-state index is 0.391. The van der Waals surface area contributed by atoms with E-state index in [9.17, 15) is 0 Å². The number of thiophene rings is 1. The number of hydrogen-bond donors (Lipinski definition) is 1. The largest absolute Gasteiger partial charge is 0.308 e. The van der Waals surface area contributed by atoms with E-state index < -0.39 is 0 Å². The Hall–Kier alpha value is -0.0500. The van der Waals surface area contributed by atoms with Crippen molar-refractivity contribution in [2.45, 2.75) is 52.6 Å². The summed E-state index contributed by atoms with van der Waals surface area (Å²) in [5.74, 6) is 0.792. The van der Waals surface area contributed by atoms with Gasteiger partial charge in [-0.05, 0) is 43.2 Å². The van der Waals surface area contributed by atoms with Crippen LogP contribution in [0.4, 0.5) is 0 Å². The van der Waals surface area contributed by atoms with Crippen molar-refractivity contribution in [1.29, 1.82) is 0 Å². The number of halogens is 1. The maximum atomic E-state index is 5.94. The SMILES string of the molecule is CCC(C)CC(C)NC(C)c1csc(Cl)c1. The van der Waals surface area contributed by atoms with Gasteiger partial charge in [-0.15, -0.1) is 11.3 Å². The molecule has 0 aliphatic rings. The molecule has 0 spiro atoms. The molecule has 92 valence electrons. The fraction of sp³-hybridized carbons (Fsp3) is 0.692. The summed E-state index contributed by atoms with van der Waals surface area (Å²) < 4.78 is 0.873. The lowest BCUT2D eigenvalue weighted by Gasteiger charge is -2.21. The maximum absolute atomic E-state index is 5.94. The Morgan fingerprint density at radius 1 is 1.38 bits per heavy atom. The Morgan fingerprint density at radius 3 is 2.56 bits per heavy atom. The number of hydrogen-bond acceptors (Lipinski definition) is 2. The summed E-state index contributed by atoms with van der Waals surface area (Å²) in [7, 11) is 0. The molecule has 1 nitrogen and oxygen atoms in total. The Bertz CT molecular complexity index is 311. The van der Waals surface area contributed by atoms with Gasteiger partial charge in [-0.25, -0.2) is 0 Å². The molecule has 0 aliphatic carbocycles. The topological polar surface area (TPSA) is 12.0 Å². The first kappa shape index (κ1) is 14.0. The second-order valence-corrected chi connectivity index (χ2v) is 6.27. The van der Waals surface area contributed by atoms with Crippen LogP contribution < -0.4 is 5.32 Å². The predicted molar refractivity (Wildman–Crippen MR) is 74.4 cm³/mol. The average molecular weight is 260 g/mol. The molecule has 0 saturated heterocycles. The summed E-state index contributed by atoms with van der Waals surface area (Å²) in [5.41, 5.74) is 1.30. The standard InChI is InChI=1S/C13H22ClNS/c1-5-9(2)6-10(3)15-11(4)12-7-13(14)16-8-12/h7-11,15H,5-6H2,1-4H3. The second kappa shape index (κ2) is 6.63. The van der Waals surface area contributed by atoms with Crippen molar-refractivity contribution < 1.29 is 0 Å². The molecule has 0 aromatic carbocycles. The highest BCUT2D eigenvalue weighted by atomic mass is 35.5. The third-order valence-electron chi connectivity index (χ3n) is 3.08. The van der Waals surface area contributed by atoms with Crippen LogP contribution in [0, 0.1) is 5.92 Å². The van der Waals surface area contributed by atoms with Crippen LogP contribution >= 0.6 is 22.9 Å². The molecule has 0 saturated carbocycles. The van der Waals surface area contributed by atoms with Crippen LogP contribution in [-0.2, 0) is 0 Å². The van der Waals surface area contributed by atoms with Gasteiger partial charge >= 0.3 is 0 Å². The molecule has 0 bridgehead atoms. The fourth-order valence-corrected chi connectivity index (χ4v) is 2.90.